The fraction of sp³-hybridized carbons (Fsp3) is 0. The summed E-state index contributed by atoms with van der Waals surface area (Å²) in [5.74, 6) is 0. The molecule has 250 valence electrons. The van der Waals surface area contributed by atoms with E-state index in [1.807, 2.05) is 12.1 Å². The van der Waals surface area contributed by atoms with Crippen LogP contribution in [0.25, 0.3) is 24.3 Å². The third-order valence-corrected chi connectivity index (χ3v) is 8.67. The summed E-state index contributed by atoms with van der Waals surface area (Å²) >= 11 is 0. The molecule has 0 aliphatic rings. The van der Waals surface area contributed by atoms with Crippen molar-refractivity contribution in [3.8, 4) is 0 Å². The minimum absolute atomic E-state index is 1.08. The summed E-state index contributed by atoms with van der Waals surface area (Å²) in [5.41, 5.74) is 11.2. The maximum Gasteiger partial charge on any atom is 0.0463 e. The molecule has 52 heavy (non-hydrogen) atoms. The smallest absolute Gasteiger partial charge is 0.0463 e. The normalized spacial score (nSPS) is 11.5. The summed E-state index contributed by atoms with van der Waals surface area (Å²) in [4.78, 5) is 4.60. The van der Waals surface area contributed by atoms with Gasteiger partial charge in [0, 0.05) is 34.1 Å². The SMILES string of the molecule is C(C=Cc1ccc(N(c2ccccc2)c2ccc(N(c3ccccc3)c3ccc(C=CC=Cc4ccccc4)cc3)cc2)cc1)=Cc1ccccc1. The van der Waals surface area contributed by atoms with Gasteiger partial charge in [-0.3, -0.25) is 0 Å². The minimum atomic E-state index is 1.08. The van der Waals surface area contributed by atoms with Crippen LogP contribution in [0.2, 0.25) is 0 Å². The van der Waals surface area contributed by atoms with Gasteiger partial charge in [0.1, 0.15) is 0 Å². The highest BCUT2D eigenvalue weighted by atomic mass is 15.2. The van der Waals surface area contributed by atoms with E-state index in [2.05, 4.69) is 240 Å². The van der Waals surface area contributed by atoms with Gasteiger partial charge in [0.2, 0.25) is 0 Å². The molecule has 0 saturated carbocycles. The van der Waals surface area contributed by atoms with Gasteiger partial charge in [-0.15, -0.1) is 0 Å². The van der Waals surface area contributed by atoms with Gasteiger partial charge in [-0.1, -0.05) is 170 Å². The fourth-order valence-corrected chi connectivity index (χ4v) is 6.06. The average molecular weight is 669 g/mol. The van der Waals surface area contributed by atoms with Crippen LogP contribution in [0.5, 0.6) is 0 Å². The number of allylic oxidation sites excluding steroid dienone is 4. The first-order valence-electron chi connectivity index (χ1n) is 17.6. The van der Waals surface area contributed by atoms with Gasteiger partial charge in [0.25, 0.3) is 0 Å². The Kier molecular flexibility index (Phi) is 11.1. The molecule has 0 saturated heterocycles. The number of nitrogens with zero attached hydrogens (tertiary/aromatic N) is 2. The monoisotopic (exact) mass is 668 g/mol. The van der Waals surface area contributed by atoms with E-state index in [0.29, 0.717) is 0 Å². The lowest BCUT2D eigenvalue weighted by atomic mass is 10.1. The summed E-state index contributed by atoms with van der Waals surface area (Å²) in [6.07, 6.45) is 16.8. The quantitative estimate of drug-likeness (QED) is 0.120. The van der Waals surface area contributed by atoms with Gasteiger partial charge >= 0.3 is 0 Å². The zero-order valence-corrected chi connectivity index (χ0v) is 29.0. The van der Waals surface area contributed by atoms with E-state index < -0.39 is 0 Å². The largest absolute Gasteiger partial charge is 0.311 e. The Balaban J connectivity index is 1.13. The molecule has 0 N–H and O–H groups in total. The topological polar surface area (TPSA) is 6.48 Å². The Morgan fingerprint density at radius 3 is 0.712 bits per heavy atom. The first-order chi connectivity index (χ1) is 25.8. The van der Waals surface area contributed by atoms with Crippen LogP contribution in [0, 0.1) is 0 Å². The Hall–Kier alpha value is -6.90. The zero-order valence-electron chi connectivity index (χ0n) is 29.0. The van der Waals surface area contributed by atoms with Crippen LogP contribution in [0.1, 0.15) is 22.3 Å². The first kappa shape index (κ1) is 33.6. The molecule has 0 atom stereocenters. The van der Waals surface area contributed by atoms with Gasteiger partial charge in [0.15, 0.2) is 0 Å². The van der Waals surface area contributed by atoms with Gasteiger partial charge in [-0.2, -0.15) is 0 Å². The second-order valence-corrected chi connectivity index (χ2v) is 12.3. The van der Waals surface area contributed by atoms with Crippen LogP contribution < -0.4 is 9.80 Å². The number of rotatable bonds is 12. The second-order valence-electron chi connectivity index (χ2n) is 12.3. The Bertz CT molecular complexity index is 2070. The molecular formula is C50H40N2. The molecule has 7 aromatic rings. The van der Waals surface area contributed by atoms with Crippen LogP contribution in [0.4, 0.5) is 34.1 Å². The molecule has 0 radical (unpaired) electrons. The van der Waals surface area contributed by atoms with Crippen molar-refractivity contribution in [1.29, 1.82) is 0 Å². The predicted molar refractivity (Wildman–Crippen MR) is 225 cm³/mol. The van der Waals surface area contributed by atoms with E-state index >= 15 is 0 Å². The van der Waals surface area contributed by atoms with Crippen molar-refractivity contribution in [1.82, 2.24) is 0 Å². The second kappa shape index (κ2) is 17.2. The molecule has 7 rings (SSSR count). The van der Waals surface area contributed by atoms with Crippen LogP contribution >= 0.6 is 0 Å². The van der Waals surface area contributed by atoms with Crippen molar-refractivity contribution in [3.05, 3.63) is 241 Å². The number of hydrogen-bond acceptors (Lipinski definition) is 2. The molecule has 0 fully saturated rings. The van der Waals surface area contributed by atoms with Crippen LogP contribution in [-0.4, -0.2) is 0 Å². The minimum Gasteiger partial charge on any atom is -0.311 e. The summed E-state index contributed by atoms with van der Waals surface area (Å²) in [6.45, 7) is 0. The third kappa shape index (κ3) is 8.81. The molecule has 0 amide bonds. The average Bonchev–Trinajstić information content (AvgIpc) is 3.22. The number of benzene rings is 7. The molecule has 0 aliphatic heterocycles. The van der Waals surface area contributed by atoms with Crippen LogP contribution in [-0.2, 0) is 0 Å². The fourth-order valence-electron chi connectivity index (χ4n) is 6.06. The number of para-hydroxylation sites is 2. The Morgan fingerprint density at radius 2 is 0.423 bits per heavy atom. The molecule has 7 aromatic carbocycles. The summed E-state index contributed by atoms with van der Waals surface area (Å²) in [7, 11) is 0. The Morgan fingerprint density at radius 1 is 0.212 bits per heavy atom. The summed E-state index contributed by atoms with van der Waals surface area (Å²) in [6, 6.07) is 68.0. The maximum absolute atomic E-state index is 2.30. The highest BCUT2D eigenvalue weighted by Crippen LogP contribution is 2.39. The highest BCUT2D eigenvalue weighted by Gasteiger charge is 2.15. The van der Waals surface area contributed by atoms with E-state index in [-0.39, 0.29) is 0 Å². The van der Waals surface area contributed by atoms with Crippen molar-refractivity contribution in [2.45, 2.75) is 0 Å². The third-order valence-electron chi connectivity index (χ3n) is 8.67. The highest BCUT2D eigenvalue weighted by molar-refractivity contribution is 5.81. The first-order valence-corrected chi connectivity index (χ1v) is 17.6. The van der Waals surface area contributed by atoms with Crippen molar-refractivity contribution in [2.24, 2.45) is 0 Å². The molecule has 0 spiro atoms. The van der Waals surface area contributed by atoms with E-state index in [0.717, 1.165) is 45.3 Å². The van der Waals surface area contributed by atoms with Crippen molar-refractivity contribution in [2.75, 3.05) is 9.80 Å². The van der Waals surface area contributed by atoms with Gasteiger partial charge < -0.3 is 9.80 Å². The number of anilines is 6. The van der Waals surface area contributed by atoms with Gasteiger partial charge in [0.05, 0.1) is 0 Å². The van der Waals surface area contributed by atoms with Crippen molar-refractivity contribution < 1.29 is 0 Å². The molecule has 0 unspecified atom stereocenters. The van der Waals surface area contributed by atoms with Crippen LogP contribution in [0.3, 0.4) is 0 Å². The maximum atomic E-state index is 2.30. The van der Waals surface area contributed by atoms with Crippen molar-refractivity contribution in [3.63, 3.8) is 0 Å². The van der Waals surface area contributed by atoms with E-state index in [4.69, 9.17) is 0 Å². The molecule has 0 heterocycles. The van der Waals surface area contributed by atoms with Gasteiger partial charge in [-0.05, 0) is 95.1 Å². The lowest BCUT2D eigenvalue weighted by molar-refractivity contribution is 1.25. The zero-order chi connectivity index (χ0) is 35.2. The molecule has 0 aliphatic carbocycles. The summed E-state index contributed by atoms with van der Waals surface area (Å²) in [5, 5.41) is 0. The standard InChI is InChI=1S/C50H40N2/c1-5-17-41(18-6-1)21-13-15-23-43-29-33-47(34-30-43)51(45-25-9-3-10-26-45)49-37-39-50(40-38-49)52(46-27-11-4-12-28-46)48-35-31-44(32-36-48)24-16-14-22-42-19-7-2-8-20-42/h1-40H. The van der Waals surface area contributed by atoms with Crippen LogP contribution in [0.15, 0.2) is 218 Å². The van der Waals surface area contributed by atoms with E-state index in [1.54, 1.807) is 0 Å². The van der Waals surface area contributed by atoms with Crippen molar-refractivity contribution >= 4 is 58.4 Å². The molecule has 0 bridgehead atoms. The van der Waals surface area contributed by atoms with Gasteiger partial charge in [-0.25, -0.2) is 0 Å². The van der Waals surface area contributed by atoms with E-state index in [9.17, 15) is 0 Å². The lowest BCUT2D eigenvalue weighted by Gasteiger charge is -2.28. The summed E-state index contributed by atoms with van der Waals surface area (Å²) < 4.78 is 0. The Labute approximate surface area is 307 Å². The molecule has 0 aromatic heterocycles. The predicted octanol–water partition coefficient (Wildman–Crippen LogP) is 14.1. The molecule has 2 heteroatoms. The lowest BCUT2D eigenvalue weighted by Crippen LogP contribution is -2.12. The molecular weight excluding hydrogens is 629 g/mol. The van der Waals surface area contributed by atoms with E-state index in [1.165, 1.54) is 11.1 Å². The molecule has 2 nitrogen and oxygen atoms in total. The number of hydrogen-bond donors (Lipinski definition) is 0.